The van der Waals surface area contributed by atoms with Crippen molar-refractivity contribution in [3.63, 3.8) is 0 Å². The summed E-state index contributed by atoms with van der Waals surface area (Å²) in [4.78, 5) is 21.1. The van der Waals surface area contributed by atoms with Crippen molar-refractivity contribution in [1.82, 2.24) is 0 Å². The molecule has 3 nitrogen and oxygen atoms in total. The van der Waals surface area contributed by atoms with Gasteiger partial charge in [0.15, 0.2) is 0 Å². The van der Waals surface area contributed by atoms with Crippen LogP contribution in [0.2, 0.25) is 0 Å². The molecule has 5 heteroatoms. The first-order chi connectivity index (χ1) is 5.49. The molecule has 0 spiro atoms. The van der Waals surface area contributed by atoms with E-state index in [4.69, 9.17) is 0 Å². The van der Waals surface area contributed by atoms with Crippen LogP contribution in [0.25, 0.3) is 0 Å². The molecule has 1 aliphatic rings. The Morgan fingerprint density at radius 1 is 1.08 bits per heavy atom. The molecule has 0 amide bonds. The summed E-state index contributed by atoms with van der Waals surface area (Å²) in [6.45, 7) is 0. The lowest BCUT2D eigenvalue weighted by molar-refractivity contribution is -0.164. The van der Waals surface area contributed by atoms with Crippen LogP contribution in [-0.2, 0) is 14.3 Å². The van der Waals surface area contributed by atoms with Crippen LogP contribution in [0.3, 0.4) is 0 Å². The van der Waals surface area contributed by atoms with Gasteiger partial charge in [0.2, 0.25) is 5.92 Å². The minimum Gasteiger partial charge on any atom is -0.393 e. The van der Waals surface area contributed by atoms with E-state index >= 15 is 0 Å². The van der Waals surface area contributed by atoms with Crippen molar-refractivity contribution in [2.24, 2.45) is 0 Å². The van der Waals surface area contributed by atoms with Crippen LogP contribution in [-0.4, -0.2) is 17.9 Å². The molecule has 0 radical (unpaired) electrons. The highest BCUT2D eigenvalue weighted by Crippen LogP contribution is 2.28. The van der Waals surface area contributed by atoms with Crippen molar-refractivity contribution in [1.29, 1.82) is 0 Å². The van der Waals surface area contributed by atoms with Crippen molar-refractivity contribution in [3.05, 3.63) is 0 Å². The summed E-state index contributed by atoms with van der Waals surface area (Å²) >= 11 is 0. The Morgan fingerprint density at radius 2 is 1.50 bits per heavy atom. The Kier molecular flexibility index (Phi) is 2.40. The molecular formula is C7H8F2O3. The zero-order valence-corrected chi connectivity index (χ0v) is 6.31. The molecule has 12 heavy (non-hydrogen) atoms. The Morgan fingerprint density at radius 3 is 1.92 bits per heavy atom. The molecular weight excluding hydrogens is 170 g/mol. The van der Waals surface area contributed by atoms with E-state index in [1.807, 2.05) is 0 Å². The van der Waals surface area contributed by atoms with Gasteiger partial charge in [-0.3, -0.25) is 9.59 Å². The molecule has 1 aliphatic heterocycles. The van der Waals surface area contributed by atoms with Gasteiger partial charge >= 0.3 is 11.9 Å². The average Bonchev–Trinajstić information content (AvgIpc) is 1.96. The van der Waals surface area contributed by atoms with Crippen molar-refractivity contribution < 1.29 is 23.1 Å². The van der Waals surface area contributed by atoms with Gasteiger partial charge in [0, 0.05) is 12.8 Å². The number of carbonyl (C=O) groups is 2. The fourth-order valence-electron chi connectivity index (χ4n) is 0.924. The number of cyclic esters (lactones) is 2. The third kappa shape index (κ3) is 2.56. The van der Waals surface area contributed by atoms with E-state index in [0.717, 1.165) is 0 Å². The first-order valence-corrected chi connectivity index (χ1v) is 3.61. The second-order valence-electron chi connectivity index (χ2n) is 2.70. The average molecular weight is 178 g/mol. The Bertz CT molecular complexity index is 193. The van der Waals surface area contributed by atoms with E-state index in [9.17, 15) is 18.4 Å². The number of rotatable bonds is 0. The monoisotopic (exact) mass is 178 g/mol. The summed E-state index contributed by atoms with van der Waals surface area (Å²) in [6.07, 6.45) is -1.84. The molecule has 0 aliphatic carbocycles. The molecule has 1 heterocycles. The summed E-state index contributed by atoms with van der Waals surface area (Å²) < 4.78 is 29.4. The number of hydrogen-bond donors (Lipinski definition) is 0. The van der Waals surface area contributed by atoms with Crippen LogP contribution in [0, 0.1) is 0 Å². The van der Waals surface area contributed by atoms with Gasteiger partial charge in [0.25, 0.3) is 0 Å². The standard InChI is InChI=1S/C7H8F2O3/c8-7(9)3-1-5(10)12-6(11)2-4-7/h1-4H2. The topological polar surface area (TPSA) is 43.4 Å². The molecule has 0 saturated carbocycles. The number of carbonyl (C=O) groups excluding carboxylic acids is 2. The van der Waals surface area contributed by atoms with E-state index in [0.29, 0.717) is 0 Å². The predicted molar refractivity (Wildman–Crippen MR) is 34.5 cm³/mol. The van der Waals surface area contributed by atoms with Crippen LogP contribution in [0.1, 0.15) is 25.7 Å². The molecule has 0 aromatic carbocycles. The van der Waals surface area contributed by atoms with Gasteiger partial charge in [-0.15, -0.1) is 0 Å². The van der Waals surface area contributed by atoms with Crippen molar-refractivity contribution in [2.45, 2.75) is 31.6 Å². The zero-order valence-electron chi connectivity index (χ0n) is 6.31. The van der Waals surface area contributed by atoms with Crippen molar-refractivity contribution in [2.75, 3.05) is 0 Å². The van der Waals surface area contributed by atoms with E-state index in [1.165, 1.54) is 0 Å². The van der Waals surface area contributed by atoms with Gasteiger partial charge in [-0.05, 0) is 0 Å². The lowest BCUT2D eigenvalue weighted by Crippen LogP contribution is -2.25. The largest absolute Gasteiger partial charge is 0.393 e. The van der Waals surface area contributed by atoms with Gasteiger partial charge in [0.1, 0.15) is 0 Å². The Hall–Kier alpha value is -1.00. The van der Waals surface area contributed by atoms with E-state index < -0.39 is 43.5 Å². The molecule has 1 rings (SSSR count). The van der Waals surface area contributed by atoms with Gasteiger partial charge in [0.05, 0.1) is 12.8 Å². The third-order valence-electron chi connectivity index (χ3n) is 1.62. The second kappa shape index (κ2) is 3.16. The van der Waals surface area contributed by atoms with Crippen LogP contribution in [0.5, 0.6) is 0 Å². The molecule has 1 fully saturated rings. The lowest BCUT2D eigenvalue weighted by Gasteiger charge is -2.17. The number of alkyl halides is 2. The summed E-state index contributed by atoms with van der Waals surface area (Å²) in [5.41, 5.74) is 0. The summed E-state index contributed by atoms with van der Waals surface area (Å²) in [7, 11) is 0. The fourth-order valence-corrected chi connectivity index (χ4v) is 0.924. The molecule has 0 aromatic heterocycles. The molecule has 0 unspecified atom stereocenters. The maximum absolute atomic E-state index is 12.6. The minimum absolute atomic E-state index is 0.390. The lowest BCUT2D eigenvalue weighted by atomic mass is 10.1. The Labute approximate surface area is 67.7 Å². The zero-order chi connectivity index (χ0) is 9.19. The summed E-state index contributed by atoms with van der Waals surface area (Å²) in [5.74, 6) is -4.63. The fraction of sp³-hybridized carbons (Fsp3) is 0.714. The van der Waals surface area contributed by atoms with Crippen LogP contribution in [0.4, 0.5) is 8.78 Å². The maximum atomic E-state index is 12.6. The number of ether oxygens (including phenoxy) is 1. The molecule has 0 atom stereocenters. The maximum Gasteiger partial charge on any atom is 0.313 e. The van der Waals surface area contributed by atoms with Gasteiger partial charge in [-0.2, -0.15) is 0 Å². The highest BCUT2D eigenvalue weighted by molar-refractivity contribution is 5.85. The second-order valence-corrected chi connectivity index (χ2v) is 2.70. The third-order valence-corrected chi connectivity index (χ3v) is 1.62. The molecule has 0 bridgehead atoms. The SMILES string of the molecule is O=C1CCC(F)(F)CCC(=O)O1. The van der Waals surface area contributed by atoms with Crippen LogP contribution < -0.4 is 0 Å². The quantitative estimate of drug-likeness (QED) is 0.414. The van der Waals surface area contributed by atoms with E-state index in [2.05, 4.69) is 4.74 Å². The first kappa shape index (κ1) is 9.09. The Balaban J connectivity index is 2.59. The highest BCUT2D eigenvalue weighted by Gasteiger charge is 2.33. The number of esters is 2. The molecule has 68 valence electrons. The molecule has 0 N–H and O–H groups in total. The van der Waals surface area contributed by atoms with E-state index in [-0.39, 0.29) is 0 Å². The normalized spacial score (nSPS) is 24.2. The van der Waals surface area contributed by atoms with E-state index in [1.54, 1.807) is 0 Å². The van der Waals surface area contributed by atoms with Gasteiger partial charge < -0.3 is 4.74 Å². The van der Waals surface area contributed by atoms with Gasteiger partial charge in [-0.25, -0.2) is 8.78 Å². The highest BCUT2D eigenvalue weighted by atomic mass is 19.3. The molecule has 0 aromatic rings. The summed E-state index contributed by atoms with van der Waals surface area (Å²) in [5, 5.41) is 0. The molecule has 1 saturated heterocycles. The first-order valence-electron chi connectivity index (χ1n) is 3.61. The predicted octanol–water partition coefficient (Wildman–Crippen LogP) is 1.27. The number of hydrogen-bond acceptors (Lipinski definition) is 3. The minimum atomic E-state index is -2.91. The van der Waals surface area contributed by atoms with Crippen LogP contribution in [0.15, 0.2) is 0 Å². The van der Waals surface area contributed by atoms with Crippen molar-refractivity contribution in [3.8, 4) is 0 Å². The summed E-state index contributed by atoms with van der Waals surface area (Å²) in [6, 6.07) is 0. The van der Waals surface area contributed by atoms with Crippen LogP contribution >= 0.6 is 0 Å². The smallest absolute Gasteiger partial charge is 0.313 e. The van der Waals surface area contributed by atoms with Gasteiger partial charge in [-0.1, -0.05) is 0 Å². The number of halogens is 2. The van der Waals surface area contributed by atoms with Crippen molar-refractivity contribution >= 4 is 11.9 Å².